The van der Waals surface area contributed by atoms with Gasteiger partial charge < -0.3 is 24.6 Å². The minimum atomic E-state index is -0.618. The molecule has 0 aliphatic carbocycles. The Morgan fingerprint density at radius 2 is 1.88 bits per heavy atom. The maximum absolute atomic E-state index is 12.5. The van der Waals surface area contributed by atoms with Crippen LogP contribution in [0.4, 0.5) is 4.79 Å². The summed E-state index contributed by atoms with van der Waals surface area (Å²) < 4.78 is 15.6. The predicted octanol–water partition coefficient (Wildman–Crippen LogP) is 3.43. The fraction of sp³-hybridized carbons (Fsp3) is 0.391. The van der Waals surface area contributed by atoms with Crippen molar-refractivity contribution < 1.29 is 23.6 Å². The van der Waals surface area contributed by atoms with Crippen molar-refractivity contribution in [2.24, 2.45) is 0 Å². The van der Waals surface area contributed by atoms with E-state index in [1.165, 1.54) is 0 Å². The second-order valence-corrected chi connectivity index (χ2v) is 8.34. The van der Waals surface area contributed by atoms with E-state index >= 15 is 0 Å². The molecule has 32 heavy (non-hydrogen) atoms. The number of carbonyl (C=O) groups is 2. The lowest BCUT2D eigenvalue weighted by atomic mass is 10.0. The summed E-state index contributed by atoms with van der Waals surface area (Å²) in [6, 6.07) is 13.3. The molecule has 0 aliphatic rings. The Kier molecular flexibility index (Phi) is 7.42. The lowest BCUT2D eigenvalue weighted by Crippen LogP contribution is -2.41. The average molecular weight is 441 g/mol. The van der Waals surface area contributed by atoms with E-state index in [0.717, 1.165) is 16.3 Å². The second-order valence-electron chi connectivity index (χ2n) is 8.34. The fourth-order valence-electron chi connectivity index (χ4n) is 3.04. The van der Waals surface area contributed by atoms with Gasteiger partial charge >= 0.3 is 6.09 Å². The van der Waals surface area contributed by atoms with Gasteiger partial charge in [0.05, 0.1) is 6.04 Å². The molecule has 0 spiro atoms. The van der Waals surface area contributed by atoms with E-state index in [1.54, 1.807) is 27.7 Å². The summed E-state index contributed by atoms with van der Waals surface area (Å²) >= 11 is 0. The predicted molar refractivity (Wildman–Crippen MR) is 118 cm³/mol. The van der Waals surface area contributed by atoms with Gasteiger partial charge in [0.2, 0.25) is 5.91 Å². The Hall–Kier alpha value is -3.46. The molecule has 2 aromatic carbocycles. The molecule has 9 heteroatoms. The summed E-state index contributed by atoms with van der Waals surface area (Å²) in [5, 5.41) is 11.4. The molecule has 3 aromatic rings. The Bertz CT molecular complexity index is 1070. The molecule has 0 bridgehead atoms. The lowest BCUT2D eigenvalue weighted by Gasteiger charge is -2.23. The SMILES string of the molecule is Cc1noc(COCC(=O)NC(CNC(=O)OC(C)(C)C)c2ccc3ccccc3c2)n1. The van der Waals surface area contributed by atoms with Crippen LogP contribution in [0.1, 0.15) is 44.1 Å². The molecule has 0 saturated heterocycles. The molecule has 0 fully saturated rings. The molecule has 0 radical (unpaired) electrons. The van der Waals surface area contributed by atoms with Crippen molar-refractivity contribution in [3.05, 3.63) is 59.7 Å². The minimum Gasteiger partial charge on any atom is -0.444 e. The zero-order valence-corrected chi connectivity index (χ0v) is 18.7. The van der Waals surface area contributed by atoms with Crippen molar-refractivity contribution >= 4 is 22.8 Å². The van der Waals surface area contributed by atoms with Crippen LogP contribution in [0.5, 0.6) is 0 Å². The standard InChI is InChI=1S/C23H28N4O5/c1-15-25-21(32-27-15)14-30-13-20(28)26-19(12-24-22(29)31-23(2,3)4)18-10-9-16-7-5-6-8-17(16)11-18/h5-11,19H,12-14H2,1-4H3,(H,24,29)(H,26,28). The smallest absolute Gasteiger partial charge is 0.407 e. The van der Waals surface area contributed by atoms with Crippen molar-refractivity contribution in [1.29, 1.82) is 0 Å². The third kappa shape index (κ3) is 7.05. The highest BCUT2D eigenvalue weighted by atomic mass is 16.6. The number of hydrogen-bond donors (Lipinski definition) is 2. The Morgan fingerprint density at radius 3 is 2.56 bits per heavy atom. The van der Waals surface area contributed by atoms with Crippen LogP contribution in [0.2, 0.25) is 0 Å². The minimum absolute atomic E-state index is 0.0328. The summed E-state index contributed by atoms with van der Waals surface area (Å²) in [7, 11) is 0. The molecule has 1 atom stereocenters. The first-order chi connectivity index (χ1) is 15.2. The van der Waals surface area contributed by atoms with Crippen LogP contribution in [0.15, 0.2) is 47.0 Å². The average Bonchev–Trinajstić information content (AvgIpc) is 3.14. The van der Waals surface area contributed by atoms with Gasteiger partial charge in [0, 0.05) is 6.54 Å². The van der Waals surface area contributed by atoms with Gasteiger partial charge in [-0.05, 0) is 50.1 Å². The lowest BCUT2D eigenvalue weighted by molar-refractivity contribution is -0.127. The maximum Gasteiger partial charge on any atom is 0.407 e. The van der Waals surface area contributed by atoms with E-state index in [0.29, 0.717) is 11.7 Å². The van der Waals surface area contributed by atoms with E-state index in [-0.39, 0.29) is 25.7 Å². The van der Waals surface area contributed by atoms with E-state index in [4.69, 9.17) is 14.0 Å². The number of hydrogen-bond acceptors (Lipinski definition) is 7. The number of rotatable bonds is 8. The number of benzene rings is 2. The molecule has 1 aromatic heterocycles. The third-order valence-electron chi connectivity index (χ3n) is 4.39. The van der Waals surface area contributed by atoms with Gasteiger partial charge in [-0.3, -0.25) is 4.79 Å². The zero-order valence-electron chi connectivity index (χ0n) is 18.7. The number of fused-ring (bicyclic) bond motifs is 1. The molecule has 3 rings (SSSR count). The molecule has 170 valence electrons. The molecule has 0 aliphatic heterocycles. The van der Waals surface area contributed by atoms with Crippen LogP contribution >= 0.6 is 0 Å². The normalized spacial score (nSPS) is 12.4. The van der Waals surface area contributed by atoms with Crippen molar-refractivity contribution in [1.82, 2.24) is 20.8 Å². The third-order valence-corrected chi connectivity index (χ3v) is 4.39. The van der Waals surface area contributed by atoms with Gasteiger partial charge in [-0.15, -0.1) is 0 Å². The zero-order chi connectivity index (χ0) is 23.1. The number of amides is 2. The van der Waals surface area contributed by atoms with E-state index < -0.39 is 17.7 Å². The second kappa shape index (κ2) is 10.2. The quantitative estimate of drug-likeness (QED) is 0.551. The number of aromatic nitrogens is 2. The van der Waals surface area contributed by atoms with Gasteiger partial charge in [0.15, 0.2) is 5.82 Å². The molecule has 0 saturated carbocycles. The van der Waals surface area contributed by atoms with Crippen molar-refractivity contribution in [3.8, 4) is 0 Å². The molecule has 1 unspecified atom stereocenters. The summed E-state index contributed by atoms with van der Waals surface area (Å²) in [6.45, 7) is 7.06. The summed E-state index contributed by atoms with van der Waals surface area (Å²) in [4.78, 5) is 28.7. The highest BCUT2D eigenvalue weighted by molar-refractivity contribution is 5.83. The van der Waals surface area contributed by atoms with Crippen molar-refractivity contribution in [2.75, 3.05) is 13.2 Å². The van der Waals surface area contributed by atoms with Crippen LogP contribution in [0, 0.1) is 6.92 Å². The molecule has 9 nitrogen and oxygen atoms in total. The van der Waals surface area contributed by atoms with Crippen LogP contribution in [-0.4, -0.2) is 40.9 Å². The Labute approximate surface area is 186 Å². The summed E-state index contributed by atoms with van der Waals surface area (Å²) in [5.41, 5.74) is 0.229. The fourth-order valence-corrected chi connectivity index (χ4v) is 3.04. The van der Waals surface area contributed by atoms with Crippen LogP contribution in [0.3, 0.4) is 0 Å². The van der Waals surface area contributed by atoms with Crippen molar-refractivity contribution in [3.63, 3.8) is 0 Å². The topological polar surface area (TPSA) is 116 Å². The Morgan fingerprint density at radius 1 is 1.12 bits per heavy atom. The largest absolute Gasteiger partial charge is 0.444 e. The number of carbonyl (C=O) groups excluding carboxylic acids is 2. The monoisotopic (exact) mass is 440 g/mol. The van der Waals surface area contributed by atoms with Gasteiger partial charge in [0.1, 0.15) is 18.8 Å². The first-order valence-electron chi connectivity index (χ1n) is 10.3. The molecular formula is C23H28N4O5. The van der Waals surface area contributed by atoms with E-state index in [2.05, 4.69) is 20.8 Å². The Balaban J connectivity index is 1.65. The summed E-state index contributed by atoms with van der Waals surface area (Å²) in [6.07, 6.45) is -0.555. The van der Waals surface area contributed by atoms with Crippen LogP contribution in [0.25, 0.3) is 10.8 Å². The van der Waals surface area contributed by atoms with Crippen molar-refractivity contribution in [2.45, 2.75) is 45.9 Å². The number of nitrogens with one attached hydrogen (secondary N) is 2. The van der Waals surface area contributed by atoms with Gasteiger partial charge in [-0.2, -0.15) is 4.98 Å². The molecule has 2 N–H and O–H groups in total. The molecule has 1 heterocycles. The van der Waals surface area contributed by atoms with Gasteiger partial charge in [0.25, 0.3) is 5.89 Å². The number of nitrogens with zero attached hydrogens (tertiary/aromatic N) is 2. The van der Waals surface area contributed by atoms with Crippen LogP contribution in [-0.2, 0) is 20.9 Å². The first-order valence-corrected chi connectivity index (χ1v) is 10.3. The number of alkyl carbamates (subject to hydrolysis) is 1. The number of aryl methyl sites for hydroxylation is 1. The van der Waals surface area contributed by atoms with Crippen LogP contribution < -0.4 is 10.6 Å². The van der Waals surface area contributed by atoms with E-state index in [9.17, 15) is 9.59 Å². The highest BCUT2D eigenvalue weighted by Gasteiger charge is 2.20. The molecular weight excluding hydrogens is 412 g/mol. The van der Waals surface area contributed by atoms with Gasteiger partial charge in [-0.1, -0.05) is 41.6 Å². The van der Waals surface area contributed by atoms with E-state index in [1.807, 2.05) is 42.5 Å². The first kappa shape index (κ1) is 23.2. The maximum atomic E-state index is 12.5. The summed E-state index contributed by atoms with van der Waals surface area (Å²) in [5.74, 6) is 0.455. The highest BCUT2D eigenvalue weighted by Crippen LogP contribution is 2.20. The van der Waals surface area contributed by atoms with Gasteiger partial charge in [-0.25, -0.2) is 4.79 Å². The molecule has 2 amide bonds. The number of ether oxygens (including phenoxy) is 2.